The van der Waals surface area contributed by atoms with Gasteiger partial charge in [0.1, 0.15) is 0 Å². The Morgan fingerprint density at radius 1 is 1.12 bits per heavy atom. The van der Waals surface area contributed by atoms with Gasteiger partial charge in [0.2, 0.25) is 5.91 Å². The van der Waals surface area contributed by atoms with Crippen LogP contribution in [0.3, 0.4) is 0 Å². The van der Waals surface area contributed by atoms with Crippen molar-refractivity contribution in [2.45, 2.75) is 25.8 Å². The molecule has 4 rings (SSSR count). The lowest BCUT2D eigenvalue weighted by molar-refractivity contribution is -0.121. The molecule has 33 heavy (non-hydrogen) atoms. The summed E-state index contributed by atoms with van der Waals surface area (Å²) in [5, 5.41) is 2.75. The number of anilines is 1. The number of ether oxygens (including phenoxy) is 3. The van der Waals surface area contributed by atoms with Crippen molar-refractivity contribution in [3.8, 4) is 11.5 Å². The van der Waals surface area contributed by atoms with Crippen LogP contribution in [0.15, 0.2) is 41.4 Å². The van der Waals surface area contributed by atoms with E-state index in [-0.39, 0.29) is 17.9 Å². The number of methoxy groups -OCH3 is 2. The molecule has 0 saturated carbocycles. The first-order valence-corrected chi connectivity index (χ1v) is 11.5. The van der Waals surface area contributed by atoms with Crippen LogP contribution in [0.1, 0.15) is 30.0 Å². The van der Waals surface area contributed by atoms with Crippen molar-refractivity contribution in [3.63, 3.8) is 0 Å². The van der Waals surface area contributed by atoms with Crippen LogP contribution in [0, 0.1) is 5.92 Å². The number of hydrogen-bond acceptors (Lipinski definition) is 6. The highest BCUT2D eigenvalue weighted by Gasteiger charge is 2.28. The van der Waals surface area contributed by atoms with E-state index in [1.165, 1.54) is 5.69 Å². The van der Waals surface area contributed by atoms with Crippen molar-refractivity contribution in [3.05, 3.63) is 53.1 Å². The van der Waals surface area contributed by atoms with Crippen molar-refractivity contribution < 1.29 is 19.0 Å². The van der Waals surface area contributed by atoms with Crippen LogP contribution in [0.4, 0.5) is 5.69 Å². The highest BCUT2D eigenvalue weighted by molar-refractivity contribution is 6.14. The monoisotopic (exact) mass is 451 g/mol. The molecule has 1 amide bonds. The highest BCUT2D eigenvalue weighted by atomic mass is 16.5. The summed E-state index contributed by atoms with van der Waals surface area (Å²) in [4.78, 5) is 19.7. The zero-order valence-electron chi connectivity index (χ0n) is 19.9. The molecule has 0 aliphatic carbocycles. The van der Waals surface area contributed by atoms with Crippen LogP contribution in [0.2, 0.25) is 0 Å². The summed E-state index contributed by atoms with van der Waals surface area (Å²) in [5.74, 6) is 1.57. The van der Waals surface area contributed by atoms with Gasteiger partial charge in [-0.15, -0.1) is 0 Å². The Labute approximate surface area is 195 Å². The highest BCUT2D eigenvalue weighted by Crippen LogP contribution is 2.36. The van der Waals surface area contributed by atoms with Crippen LogP contribution in [0.5, 0.6) is 11.5 Å². The molecule has 2 aromatic carbocycles. The summed E-state index contributed by atoms with van der Waals surface area (Å²) in [6.07, 6.45) is 1.16. The molecular formula is C26H33N3O4. The van der Waals surface area contributed by atoms with Crippen LogP contribution >= 0.6 is 0 Å². The molecule has 1 saturated heterocycles. The van der Waals surface area contributed by atoms with Crippen LogP contribution in [-0.4, -0.2) is 65.2 Å². The number of rotatable bonds is 6. The SMILES string of the molecule is CNC(=O)CC1N=C(c2ccc(N3CCOCC3)cc2)c2cc(OC)c(OC)cc2CC1C. The van der Waals surface area contributed by atoms with Crippen LogP contribution < -0.4 is 19.7 Å². The molecule has 176 valence electrons. The van der Waals surface area contributed by atoms with Gasteiger partial charge in [-0.1, -0.05) is 19.1 Å². The van der Waals surface area contributed by atoms with Crippen molar-refractivity contribution in [2.24, 2.45) is 10.9 Å². The molecule has 1 fully saturated rings. The van der Waals surface area contributed by atoms with Gasteiger partial charge in [0.15, 0.2) is 11.5 Å². The van der Waals surface area contributed by atoms with E-state index in [0.717, 1.165) is 55.1 Å². The Kier molecular flexibility index (Phi) is 7.18. The molecule has 7 nitrogen and oxygen atoms in total. The second-order valence-electron chi connectivity index (χ2n) is 8.61. The van der Waals surface area contributed by atoms with Crippen molar-refractivity contribution in [1.29, 1.82) is 0 Å². The second kappa shape index (κ2) is 10.3. The average molecular weight is 452 g/mol. The number of benzene rings is 2. The smallest absolute Gasteiger partial charge is 0.221 e. The quantitative estimate of drug-likeness (QED) is 0.731. The zero-order valence-corrected chi connectivity index (χ0v) is 19.9. The number of nitrogens with one attached hydrogen (secondary N) is 1. The number of fused-ring (bicyclic) bond motifs is 1. The number of carbonyl (C=O) groups excluding carboxylic acids is 1. The van der Waals surface area contributed by atoms with E-state index in [4.69, 9.17) is 19.2 Å². The van der Waals surface area contributed by atoms with Gasteiger partial charge in [-0.2, -0.15) is 0 Å². The normalized spacial score (nSPS) is 20.4. The van der Waals surface area contributed by atoms with E-state index in [1.807, 2.05) is 12.1 Å². The summed E-state index contributed by atoms with van der Waals surface area (Å²) >= 11 is 0. The fourth-order valence-corrected chi connectivity index (χ4v) is 4.58. The maximum Gasteiger partial charge on any atom is 0.221 e. The first-order valence-electron chi connectivity index (χ1n) is 11.5. The lowest BCUT2D eigenvalue weighted by atomic mass is 9.90. The Morgan fingerprint density at radius 2 is 1.79 bits per heavy atom. The molecule has 2 unspecified atom stereocenters. The van der Waals surface area contributed by atoms with E-state index in [1.54, 1.807) is 21.3 Å². The van der Waals surface area contributed by atoms with E-state index < -0.39 is 0 Å². The van der Waals surface area contributed by atoms with Crippen LogP contribution in [-0.2, 0) is 16.0 Å². The molecule has 1 N–H and O–H groups in total. The average Bonchev–Trinajstić information content (AvgIpc) is 2.99. The van der Waals surface area contributed by atoms with Gasteiger partial charge in [-0.25, -0.2) is 0 Å². The van der Waals surface area contributed by atoms with Crippen LogP contribution in [0.25, 0.3) is 0 Å². The minimum atomic E-state index is -0.122. The van der Waals surface area contributed by atoms with Crippen molar-refractivity contribution in [2.75, 3.05) is 52.5 Å². The molecule has 2 aromatic rings. The maximum atomic E-state index is 12.2. The molecular weight excluding hydrogens is 418 g/mol. The third-order valence-corrected chi connectivity index (χ3v) is 6.55. The molecule has 2 atom stereocenters. The van der Waals surface area contributed by atoms with Gasteiger partial charge in [-0.05, 0) is 42.2 Å². The lowest BCUT2D eigenvalue weighted by Crippen LogP contribution is -2.36. The second-order valence-corrected chi connectivity index (χ2v) is 8.61. The number of aliphatic imine (C=N–C) groups is 1. The fourth-order valence-electron chi connectivity index (χ4n) is 4.58. The Hall–Kier alpha value is -3.06. The molecule has 2 aliphatic heterocycles. The fraction of sp³-hybridized carbons (Fsp3) is 0.462. The topological polar surface area (TPSA) is 72.4 Å². The Bertz CT molecular complexity index is 1010. The first-order chi connectivity index (χ1) is 16.0. The summed E-state index contributed by atoms with van der Waals surface area (Å²) in [5.41, 5.74) is 5.27. The van der Waals surface area contributed by atoms with Gasteiger partial charge in [0, 0.05) is 43.4 Å². The van der Waals surface area contributed by atoms with Gasteiger partial charge in [0.25, 0.3) is 0 Å². The first kappa shape index (κ1) is 23.1. The number of hydrogen-bond donors (Lipinski definition) is 1. The number of amides is 1. The molecule has 0 spiro atoms. The van der Waals surface area contributed by atoms with E-state index in [9.17, 15) is 4.79 Å². The summed E-state index contributed by atoms with van der Waals surface area (Å²) in [7, 11) is 4.97. The molecule has 2 heterocycles. The van der Waals surface area contributed by atoms with Gasteiger partial charge >= 0.3 is 0 Å². The predicted octanol–water partition coefficient (Wildman–Crippen LogP) is 3.07. The molecule has 0 bridgehead atoms. The summed E-state index contributed by atoms with van der Waals surface area (Å²) < 4.78 is 16.6. The molecule has 2 aliphatic rings. The Morgan fingerprint density at radius 3 is 2.42 bits per heavy atom. The van der Waals surface area contributed by atoms with Gasteiger partial charge in [-0.3, -0.25) is 9.79 Å². The lowest BCUT2D eigenvalue weighted by Gasteiger charge is -2.29. The number of carbonyl (C=O) groups is 1. The summed E-state index contributed by atoms with van der Waals surface area (Å²) in [6, 6.07) is 12.5. The third kappa shape index (κ3) is 4.98. The predicted molar refractivity (Wildman–Crippen MR) is 130 cm³/mol. The van der Waals surface area contributed by atoms with E-state index in [0.29, 0.717) is 17.9 Å². The summed E-state index contributed by atoms with van der Waals surface area (Å²) in [6.45, 7) is 5.45. The number of nitrogens with zero attached hydrogens (tertiary/aromatic N) is 2. The van der Waals surface area contributed by atoms with Crippen molar-refractivity contribution >= 4 is 17.3 Å². The zero-order chi connectivity index (χ0) is 23.4. The Balaban J connectivity index is 1.77. The minimum Gasteiger partial charge on any atom is -0.493 e. The third-order valence-electron chi connectivity index (χ3n) is 6.55. The van der Waals surface area contributed by atoms with E-state index in [2.05, 4.69) is 41.4 Å². The minimum absolute atomic E-state index is 0.00117. The molecule has 0 aromatic heterocycles. The van der Waals surface area contributed by atoms with E-state index >= 15 is 0 Å². The molecule has 0 radical (unpaired) electrons. The van der Waals surface area contributed by atoms with Crippen molar-refractivity contribution in [1.82, 2.24) is 5.32 Å². The standard InChI is InChI=1S/C26H33N3O4/c1-17-13-19-14-23(31-3)24(32-4)15-21(19)26(28-22(17)16-25(30)27-2)18-5-7-20(8-6-18)29-9-11-33-12-10-29/h5-8,14-15,17,22H,9-13,16H2,1-4H3,(H,27,30). The maximum absolute atomic E-state index is 12.2. The molecule has 7 heteroatoms. The largest absolute Gasteiger partial charge is 0.493 e. The van der Waals surface area contributed by atoms with Gasteiger partial charge in [0.05, 0.1) is 39.2 Å². The van der Waals surface area contributed by atoms with Gasteiger partial charge < -0.3 is 24.4 Å². The number of morpholine rings is 1.